The number of halogens is 3. The van der Waals surface area contributed by atoms with Crippen molar-refractivity contribution in [2.24, 2.45) is 10.8 Å². The number of carboxylic acid groups (broad SMARTS) is 1. The molecule has 12 heteroatoms. The van der Waals surface area contributed by atoms with Gasteiger partial charge in [-0.25, -0.2) is 0 Å². The van der Waals surface area contributed by atoms with E-state index < -0.39 is 16.8 Å². The standard InChI is InChI=1S/C25H28ClNO3.C24H26ClNO3.2CH4.ClH.K.H/c1-25(2,24(28)29-3)16-27-12-10-17(11-13-27)23-20-9-8-19(26)14-18(20)15-30-22-7-5-4-6-21(22)23;1-24(2,23(27)28)15-26-11-9-16(10-12-26)22-19-8-7-18(25)13-17(19)14-29-21-6-4-3-5-20(21)22;;;;;/h4-9,14H,10-13,15-16H2,1-3H3;3-8,13H,9-12,14-15H2,1-2H3,(H,27,28);2*1H4;1H;;/q;;;;;+1;-1. The first kappa shape index (κ1) is 54.7. The van der Waals surface area contributed by atoms with Crippen LogP contribution in [0.4, 0.5) is 0 Å². The molecule has 4 heterocycles. The van der Waals surface area contributed by atoms with Gasteiger partial charge < -0.3 is 30.5 Å². The summed E-state index contributed by atoms with van der Waals surface area (Å²) in [5, 5.41) is 10.9. The molecule has 0 saturated carbocycles. The van der Waals surface area contributed by atoms with Crippen LogP contribution in [0.5, 0.6) is 11.5 Å². The van der Waals surface area contributed by atoms with Crippen molar-refractivity contribution in [1.29, 1.82) is 0 Å². The quantitative estimate of drug-likeness (QED) is 0.151. The summed E-state index contributed by atoms with van der Waals surface area (Å²) >= 11 is 12.5. The third-order valence-electron chi connectivity index (χ3n) is 11.9. The van der Waals surface area contributed by atoms with Crippen LogP contribution >= 0.6 is 35.6 Å². The van der Waals surface area contributed by atoms with Crippen molar-refractivity contribution in [1.82, 2.24) is 9.80 Å². The summed E-state index contributed by atoms with van der Waals surface area (Å²) in [6.07, 6.45) is 3.76. The molecule has 0 aromatic heterocycles. The maximum absolute atomic E-state index is 12.1. The van der Waals surface area contributed by atoms with Crippen molar-refractivity contribution >= 4 is 58.7 Å². The SMILES string of the molecule is C.C.CC(C)(CN1CCC(=C2c3ccc(Cl)cc3COc3ccccc32)CC1)C(=O)O.COC(=O)C(C)(C)CN1CCC(=C2c3ccc(Cl)cc3COc3ccccc32)CC1.Cl.[H-].[K+]. The Morgan fingerprint density at radius 2 is 1.03 bits per heavy atom. The van der Waals surface area contributed by atoms with Gasteiger partial charge in [-0.15, -0.1) is 12.4 Å². The molecule has 2 fully saturated rings. The number of benzene rings is 4. The molecule has 1 N–H and O–H groups in total. The third kappa shape index (κ3) is 12.8. The van der Waals surface area contributed by atoms with Crippen molar-refractivity contribution in [2.45, 2.75) is 81.4 Å². The fourth-order valence-electron chi connectivity index (χ4n) is 8.80. The third-order valence-corrected chi connectivity index (χ3v) is 12.4. The van der Waals surface area contributed by atoms with Gasteiger partial charge in [0.25, 0.3) is 0 Å². The number of hydrogen-bond acceptors (Lipinski definition) is 7. The molecule has 0 atom stereocenters. The van der Waals surface area contributed by atoms with Gasteiger partial charge in [0, 0.05) is 60.4 Å². The first-order chi connectivity index (χ1) is 28.2. The zero-order valence-electron chi connectivity index (χ0n) is 37.1. The molecule has 0 amide bonds. The van der Waals surface area contributed by atoms with Crippen molar-refractivity contribution in [3.63, 3.8) is 0 Å². The van der Waals surface area contributed by atoms with Gasteiger partial charge in [0.15, 0.2) is 0 Å². The van der Waals surface area contributed by atoms with Gasteiger partial charge in [-0.2, -0.15) is 0 Å². The van der Waals surface area contributed by atoms with E-state index in [0.717, 1.165) is 90.6 Å². The van der Waals surface area contributed by atoms with Gasteiger partial charge in [-0.05, 0) is 123 Å². The monoisotopic (exact) mass is 944 g/mol. The number of carbonyl (C=O) groups is 2. The van der Waals surface area contributed by atoms with Crippen LogP contribution in [0.3, 0.4) is 0 Å². The number of carboxylic acids is 1. The smallest absolute Gasteiger partial charge is 1.00 e. The molecule has 0 unspecified atom stereocenters. The van der Waals surface area contributed by atoms with Crippen LogP contribution in [0.1, 0.15) is 103 Å². The molecule has 0 radical (unpaired) electrons. The molecule has 4 aliphatic heterocycles. The fraction of sp³-hybridized carbons (Fsp3) is 0.412. The Hall–Kier alpha value is -2.67. The van der Waals surface area contributed by atoms with Crippen LogP contribution in [0.2, 0.25) is 10.0 Å². The molecule has 8 nitrogen and oxygen atoms in total. The van der Waals surface area contributed by atoms with Gasteiger partial charge in [-0.3, -0.25) is 9.59 Å². The number of carbonyl (C=O) groups excluding carboxylic acids is 1. The topological polar surface area (TPSA) is 88.5 Å². The average Bonchev–Trinajstić information content (AvgIpc) is 3.49. The molecule has 0 aliphatic carbocycles. The van der Waals surface area contributed by atoms with E-state index in [-0.39, 0.29) is 86.0 Å². The normalized spacial score (nSPS) is 16.0. The van der Waals surface area contributed by atoms with Crippen molar-refractivity contribution < 1.29 is 81.7 Å². The molecule has 0 spiro atoms. The molecule has 4 aliphatic rings. The number of methoxy groups -OCH3 is 1. The van der Waals surface area contributed by atoms with Gasteiger partial charge in [0.1, 0.15) is 24.7 Å². The van der Waals surface area contributed by atoms with Gasteiger partial charge in [0.2, 0.25) is 0 Å². The Morgan fingerprint density at radius 3 is 1.41 bits per heavy atom. The van der Waals surface area contributed by atoms with E-state index in [9.17, 15) is 14.7 Å². The summed E-state index contributed by atoms with van der Waals surface area (Å²) < 4.78 is 17.2. The summed E-state index contributed by atoms with van der Waals surface area (Å²) in [4.78, 5) is 28.2. The number of fused-ring (bicyclic) bond motifs is 4. The number of aliphatic carboxylic acids is 1. The second kappa shape index (κ2) is 23.7. The van der Waals surface area contributed by atoms with Crippen molar-refractivity contribution in [2.75, 3.05) is 46.4 Å². The summed E-state index contributed by atoms with van der Waals surface area (Å²) in [5.41, 5.74) is 11.0. The second-order valence-corrected chi connectivity index (χ2v) is 18.1. The van der Waals surface area contributed by atoms with Gasteiger partial charge >= 0.3 is 63.3 Å². The van der Waals surface area contributed by atoms with E-state index in [1.54, 1.807) is 13.8 Å². The number of rotatable bonds is 6. The summed E-state index contributed by atoms with van der Waals surface area (Å²) in [6, 6.07) is 28.6. The van der Waals surface area contributed by atoms with E-state index >= 15 is 0 Å². The summed E-state index contributed by atoms with van der Waals surface area (Å²) in [6.45, 7) is 13.3. The minimum Gasteiger partial charge on any atom is -1.00 e. The molecule has 4 aromatic carbocycles. The molecule has 0 bridgehead atoms. The van der Waals surface area contributed by atoms with Gasteiger partial charge in [0.05, 0.1) is 17.9 Å². The van der Waals surface area contributed by atoms with Crippen LogP contribution < -0.4 is 60.9 Å². The number of nitrogens with zero attached hydrogens (tertiary/aromatic N) is 2. The Bertz CT molecular complexity index is 2300. The zero-order valence-corrected chi connectivity index (χ0v) is 41.6. The van der Waals surface area contributed by atoms with E-state index in [1.807, 2.05) is 68.4 Å². The van der Waals surface area contributed by atoms with E-state index in [1.165, 1.54) is 40.5 Å². The predicted molar refractivity (Wildman–Crippen MR) is 257 cm³/mol. The molecular weight excluding hydrogens is 882 g/mol. The van der Waals surface area contributed by atoms with E-state index in [2.05, 4.69) is 40.1 Å². The van der Waals surface area contributed by atoms with E-state index in [0.29, 0.717) is 31.3 Å². The molecule has 4 aromatic rings. The molecule has 8 rings (SSSR count). The maximum Gasteiger partial charge on any atom is 1.00 e. The number of hydrogen-bond donors (Lipinski definition) is 1. The number of para-hydroxylation sites is 2. The Labute approximate surface area is 435 Å². The predicted octanol–water partition coefficient (Wildman–Crippen LogP) is 9.38. The average molecular weight is 947 g/mol. The minimum atomic E-state index is -0.748. The number of likely N-dealkylation sites (tertiary alicyclic amines) is 2. The Balaban J connectivity index is 0.000000408. The molecular formula is C51H64Cl3KN2O6. The number of piperidine rings is 2. The van der Waals surface area contributed by atoms with Gasteiger partial charge in [-0.1, -0.05) is 97.7 Å². The van der Waals surface area contributed by atoms with Crippen LogP contribution in [-0.4, -0.2) is 73.2 Å². The molecule has 63 heavy (non-hydrogen) atoms. The number of esters is 1. The zero-order chi connectivity index (χ0) is 41.9. The van der Waals surface area contributed by atoms with Crippen LogP contribution in [0.15, 0.2) is 96.1 Å². The van der Waals surface area contributed by atoms with Crippen LogP contribution in [0, 0.1) is 10.8 Å². The molecule has 336 valence electrons. The van der Waals surface area contributed by atoms with Crippen LogP contribution in [0.25, 0.3) is 11.1 Å². The Kier molecular flexibility index (Phi) is 20.5. The maximum atomic E-state index is 12.1. The van der Waals surface area contributed by atoms with Crippen molar-refractivity contribution in [3.8, 4) is 11.5 Å². The first-order valence-electron chi connectivity index (χ1n) is 20.5. The second-order valence-electron chi connectivity index (χ2n) is 17.2. The largest absolute Gasteiger partial charge is 1.00 e. The van der Waals surface area contributed by atoms with E-state index in [4.69, 9.17) is 37.4 Å². The summed E-state index contributed by atoms with van der Waals surface area (Å²) in [7, 11) is 1.46. The Morgan fingerprint density at radius 1 is 0.651 bits per heavy atom. The number of ether oxygens (including phenoxy) is 3. The van der Waals surface area contributed by atoms with Crippen LogP contribution in [-0.2, 0) is 27.5 Å². The van der Waals surface area contributed by atoms with Crippen molar-refractivity contribution in [3.05, 3.63) is 140 Å². The fourth-order valence-corrected chi connectivity index (χ4v) is 9.19. The minimum absolute atomic E-state index is 0. The first-order valence-corrected chi connectivity index (χ1v) is 21.2. The molecule has 2 saturated heterocycles. The summed E-state index contributed by atoms with van der Waals surface area (Å²) in [5.74, 6) is 0.910.